The monoisotopic (exact) mass is 281 g/mol. The number of halogens is 2. The molecule has 5 heteroatoms. The first kappa shape index (κ1) is 13.0. The van der Waals surface area contributed by atoms with E-state index in [0.29, 0.717) is 10.0 Å². The van der Waals surface area contributed by atoms with Gasteiger partial charge in [0.1, 0.15) is 0 Å². The Morgan fingerprint density at radius 1 is 1.17 bits per heavy atom. The number of benzene rings is 1. The summed E-state index contributed by atoms with van der Waals surface area (Å²) >= 11 is 12.1. The third kappa shape index (κ3) is 3.06. The van der Waals surface area contributed by atoms with Gasteiger partial charge in [-0.15, -0.1) is 0 Å². The number of hydrogen-bond donors (Lipinski definition) is 2. The average molecular weight is 282 g/mol. The lowest BCUT2D eigenvalue weighted by Gasteiger charge is -2.10. The molecule has 0 atom stereocenters. The van der Waals surface area contributed by atoms with E-state index < -0.39 is 0 Å². The Hall–Kier alpha value is -1.45. The highest BCUT2D eigenvalue weighted by Gasteiger charge is 2.04. The SMILES string of the molecule is CCNc1cncc(Nc2cccc(Cl)c2Cl)c1. The molecule has 0 fully saturated rings. The highest BCUT2D eigenvalue weighted by atomic mass is 35.5. The molecule has 2 rings (SSSR count). The van der Waals surface area contributed by atoms with E-state index in [1.54, 1.807) is 18.5 Å². The van der Waals surface area contributed by atoms with Gasteiger partial charge in [0.15, 0.2) is 0 Å². The fraction of sp³-hybridized carbons (Fsp3) is 0.154. The van der Waals surface area contributed by atoms with Crippen LogP contribution >= 0.6 is 23.2 Å². The number of hydrogen-bond acceptors (Lipinski definition) is 3. The molecular formula is C13H13Cl2N3. The van der Waals surface area contributed by atoms with Gasteiger partial charge in [0.25, 0.3) is 0 Å². The molecule has 0 unspecified atom stereocenters. The summed E-state index contributed by atoms with van der Waals surface area (Å²) in [5.74, 6) is 0. The lowest BCUT2D eigenvalue weighted by molar-refractivity contribution is 1.19. The van der Waals surface area contributed by atoms with Crippen molar-refractivity contribution in [3.05, 3.63) is 46.7 Å². The molecule has 18 heavy (non-hydrogen) atoms. The van der Waals surface area contributed by atoms with Crippen LogP contribution in [0.1, 0.15) is 6.92 Å². The van der Waals surface area contributed by atoms with Gasteiger partial charge in [-0.3, -0.25) is 4.98 Å². The highest BCUT2D eigenvalue weighted by Crippen LogP contribution is 2.31. The second-order valence-corrected chi connectivity index (χ2v) is 4.50. The van der Waals surface area contributed by atoms with E-state index in [4.69, 9.17) is 23.2 Å². The fourth-order valence-corrected chi connectivity index (χ4v) is 1.91. The molecule has 0 saturated carbocycles. The van der Waals surface area contributed by atoms with Crippen LogP contribution in [0.25, 0.3) is 0 Å². The van der Waals surface area contributed by atoms with Crippen molar-refractivity contribution in [2.24, 2.45) is 0 Å². The van der Waals surface area contributed by atoms with Crippen molar-refractivity contribution in [1.29, 1.82) is 0 Å². The lowest BCUT2D eigenvalue weighted by Crippen LogP contribution is -1.98. The quantitative estimate of drug-likeness (QED) is 0.862. The van der Waals surface area contributed by atoms with Crippen molar-refractivity contribution in [2.45, 2.75) is 6.92 Å². The van der Waals surface area contributed by atoms with Crippen LogP contribution in [0, 0.1) is 0 Å². The van der Waals surface area contributed by atoms with Crippen LogP contribution in [0.4, 0.5) is 17.1 Å². The van der Waals surface area contributed by atoms with Gasteiger partial charge in [0.05, 0.1) is 39.5 Å². The second-order valence-electron chi connectivity index (χ2n) is 3.72. The fourth-order valence-electron chi connectivity index (χ4n) is 1.56. The van der Waals surface area contributed by atoms with Crippen LogP contribution < -0.4 is 10.6 Å². The maximum atomic E-state index is 6.11. The summed E-state index contributed by atoms with van der Waals surface area (Å²) in [4.78, 5) is 4.15. The number of anilines is 3. The van der Waals surface area contributed by atoms with Crippen LogP contribution in [0.5, 0.6) is 0 Å². The molecule has 94 valence electrons. The van der Waals surface area contributed by atoms with E-state index in [0.717, 1.165) is 23.6 Å². The molecule has 1 aromatic heterocycles. The second kappa shape index (κ2) is 5.94. The molecule has 0 aliphatic heterocycles. The minimum absolute atomic E-state index is 0.507. The Kier molecular flexibility index (Phi) is 4.28. The van der Waals surface area contributed by atoms with Gasteiger partial charge in [-0.1, -0.05) is 29.3 Å². The summed E-state index contributed by atoms with van der Waals surface area (Å²) in [6.45, 7) is 2.89. The van der Waals surface area contributed by atoms with Crippen molar-refractivity contribution < 1.29 is 0 Å². The van der Waals surface area contributed by atoms with E-state index in [1.807, 2.05) is 25.1 Å². The summed E-state index contributed by atoms with van der Waals surface area (Å²) in [7, 11) is 0. The molecule has 0 spiro atoms. The highest BCUT2D eigenvalue weighted by molar-refractivity contribution is 6.43. The van der Waals surface area contributed by atoms with E-state index in [2.05, 4.69) is 15.6 Å². The standard InChI is InChI=1S/C13H13Cl2N3/c1-2-17-9-6-10(8-16-7-9)18-12-5-3-4-11(14)13(12)15/h3-8,17-18H,2H2,1H3. The zero-order valence-electron chi connectivity index (χ0n) is 9.87. The van der Waals surface area contributed by atoms with Gasteiger partial charge in [0.2, 0.25) is 0 Å². The Bertz CT molecular complexity index is 544. The van der Waals surface area contributed by atoms with Crippen molar-refractivity contribution in [3.8, 4) is 0 Å². The summed E-state index contributed by atoms with van der Waals surface area (Å²) in [5, 5.41) is 7.42. The van der Waals surface area contributed by atoms with Gasteiger partial charge in [-0.25, -0.2) is 0 Å². The summed E-state index contributed by atoms with van der Waals surface area (Å²) in [6, 6.07) is 7.43. The van der Waals surface area contributed by atoms with Crippen LogP contribution in [-0.4, -0.2) is 11.5 Å². The first-order chi connectivity index (χ1) is 8.70. The molecule has 0 bridgehead atoms. The van der Waals surface area contributed by atoms with Gasteiger partial charge >= 0.3 is 0 Å². The minimum Gasteiger partial charge on any atom is -0.384 e. The first-order valence-electron chi connectivity index (χ1n) is 5.60. The van der Waals surface area contributed by atoms with Crippen molar-refractivity contribution in [3.63, 3.8) is 0 Å². The zero-order valence-corrected chi connectivity index (χ0v) is 11.4. The smallest absolute Gasteiger partial charge is 0.0827 e. The number of nitrogens with zero attached hydrogens (tertiary/aromatic N) is 1. The Morgan fingerprint density at radius 3 is 2.72 bits per heavy atom. The normalized spacial score (nSPS) is 10.2. The van der Waals surface area contributed by atoms with Gasteiger partial charge in [-0.05, 0) is 25.1 Å². The molecule has 2 aromatic rings. The van der Waals surface area contributed by atoms with Crippen LogP contribution in [0.15, 0.2) is 36.7 Å². The maximum Gasteiger partial charge on any atom is 0.0827 e. The Labute approximate surface area is 116 Å². The molecule has 0 amide bonds. The summed E-state index contributed by atoms with van der Waals surface area (Å²) in [6.07, 6.45) is 3.51. The number of pyridine rings is 1. The topological polar surface area (TPSA) is 37.0 Å². The third-order valence-electron chi connectivity index (χ3n) is 2.35. The number of rotatable bonds is 4. The molecule has 0 saturated heterocycles. The molecule has 1 heterocycles. The summed E-state index contributed by atoms with van der Waals surface area (Å²) < 4.78 is 0. The predicted molar refractivity (Wildman–Crippen MR) is 78.1 cm³/mol. The molecule has 0 aliphatic carbocycles. The van der Waals surface area contributed by atoms with Gasteiger partial charge in [0, 0.05) is 6.54 Å². The molecule has 2 N–H and O–H groups in total. The molecular weight excluding hydrogens is 269 g/mol. The first-order valence-corrected chi connectivity index (χ1v) is 6.36. The van der Waals surface area contributed by atoms with E-state index in [1.165, 1.54) is 0 Å². The van der Waals surface area contributed by atoms with E-state index in [-0.39, 0.29) is 0 Å². The third-order valence-corrected chi connectivity index (χ3v) is 3.17. The molecule has 0 aliphatic rings. The number of aromatic nitrogens is 1. The van der Waals surface area contributed by atoms with Crippen molar-refractivity contribution >= 4 is 40.3 Å². The van der Waals surface area contributed by atoms with Crippen LogP contribution in [0.2, 0.25) is 10.0 Å². The predicted octanol–water partition coefficient (Wildman–Crippen LogP) is 4.56. The largest absolute Gasteiger partial charge is 0.384 e. The lowest BCUT2D eigenvalue weighted by atomic mass is 10.3. The van der Waals surface area contributed by atoms with Crippen LogP contribution in [-0.2, 0) is 0 Å². The van der Waals surface area contributed by atoms with E-state index >= 15 is 0 Å². The summed E-state index contributed by atoms with van der Waals surface area (Å²) in [5.41, 5.74) is 2.58. The van der Waals surface area contributed by atoms with Gasteiger partial charge in [-0.2, -0.15) is 0 Å². The van der Waals surface area contributed by atoms with Gasteiger partial charge < -0.3 is 10.6 Å². The maximum absolute atomic E-state index is 6.11. The number of nitrogens with one attached hydrogen (secondary N) is 2. The Balaban J connectivity index is 2.23. The molecule has 1 aromatic carbocycles. The zero-order chi connectivity index (χ0) is 13.0. The Morgan fingerprint density at radius 2 is 1.94 bits per heavy atom. The van der Waals surface area contributed by atoms with E-state index in [9.17, 15) is 0 Å². The molecule has 3 nitrogen and oxygen atoms in total. The van der Waals surface area contributed by atoms with Crippen molar-refractivity contribution in [1.82, 2.24) is 4.98 Å². The van der Waals surface area contributed by atoms with Crippen molar-refractivity contribution in [2.75, 3.05) is 17.2 Å². The molecule has 0 radical (unpaired) electrons. The average Bonchev–Trinajstić information content (AvgIpc) is 2.36. The minimum atomic E-state index is 0.507. The van der Waals surface area contributed by atoms with Crippen LogP contribution in [0.3, 0.4) is 0 Å².